The molecule has 0 atom stereocenters. The molecule has 0 radical (unpaired) electrons. The molecule has 0 spiro atoms. The van der Waals surface area contributed by atoms with Gasteiger partial charge in [0.05, 0.1) is 6.61 Å². The monoisotopic (exact) mass is 249 g/mol. The summed E-state index contributed by atoms with van der Waals surface area (Å²) in [6.45, 7) is 2.93. The summed E-state index contributed by atoms with van der Waals surface area (Å²) in [6.07, 6.45) is 3.72. The standard InChI is InChI=1S/C11H13NO.C3H6O2/c13-8-2-5-9-3-1-4-10-6-7-12-11(9)10;1-2-5-3-4/h1,3-4,6-7,12-13H,2,5,8H2;3H,2H2,1H3. The third-order valence-electron chi connectivity index (χ3n) is 2.51. The number of fused-ring (bicyclic) bond motifs is 1. The Morgan fingerprint density at radius 3 is 2.83 bits per heavy atom. The van der Waals surface area contributed by atoms with Gasteiger partial charge in [-0.15, -0.1) is 0 Å². The third-order valence-corrected chi connectivity index (χ3v) is 2.51. The molecule has 0 amide bonds. The van der Waals surface area contributed by atoms with Gasteiger partial charge in [0.2, 0.25) is 0 Å². The summed E-state index contributed by atoms with van der Waals surface area (Å²) in [7, 11) is 0. The summed E-state index contributed by atoms with van der Waals surface area (Å²) in [4.78, 5) is 12.4. The van der Waals surface area contributed by atoms with Crippen LogP contribution in [-0.4, -0.2) is 29.8 Å². The number of benzene rings is 1. The number of H-pyrrole nitrogens is 1. The number of ether oxygens (including phenoxy) is 1. The first-order valence-corrected chi connectivity index (χ1v) is 6.04. The van der Waals surface area contributed by atoms with Gasteiger partial charge in [0.1, 0.15) is 0 Å². The van der Waals surface area contributed by atoms with Crippen LogP contribution < -0.4 is 0 Å². The van der Waals surface area contributed by atoms with Crippen molar-refractivity contribution in [3.05, 3.63) is 36.0 Å². The second-order valence-corrected chi connectivity index (χ2v) is 3.74. The third kappa shape index (κ3) is 4.22. The number of para-hydroxylation sites is 1. The van der Waals surface area contributed by atoms with Crippen molar-refractivity contribution >= 4 is 17.4 Å². The molecule has 0 aliphatic rings. The van der Waals surface area contributed by atoms with Crippen molar-refractivity contribution < 1.29 is 14.6 Å². The number of aryl methyl sites for hydroxylation is 1. The van der Waals surface area contributed by atoms with Crippen molar-refractivity contribution in [2.24, 2.45) is 0 Å². The largest absolute Gasteiger partial charge is 0.468 e. The average molecular weight is 249 g/mol. The fraction of sp³-hybridized carbons (Fsp3) is 0.357. The first-order chi connectivity index (χ1) is 8.83. The number of hydrogen-bond acceptors (Lipinski definition) is 3. The van der Waals surface area contributed by atoms with Gasteiger partial charge in [-0.1, -0.05) is 18.2 Å². The summed E-state index contributed by atoms with van der Waals surface area (Å²) in [6, 6.07) is 8.32. The number of aliphatic hydroxyl groups is 1. The maximum atomic E-state index is 9.18. The molecule has 1 aromatic heterocycles. The molecule has 2 aromatic rings. The van der Waals surface area contributed by atoms with Gasteiger partial charge >= 0.3 is 0 Å². The molecule has 0 aliphatic carbocycles. The normalized spacial score (nSPS) is 9.67. The van der Waals surface area contributed by atoms with Gasteiger partial charge in [0, 0.05) is 18.3 Å². The van der Waals surface area contributed by atoms with Crippen molar-refractivity contribution in [3.63, 3.8) is 0 Å². The molecule has 2 rings (SSSR count). The molecule has 0 saturated heterocycles. The van der Waals surface area contributed by atoms with Crippen LogP contribution in [0, 0.1) is 0 Å². The van der Waals surface area contributed by atoms with E-state index >= 15 is 0 Å². The molecule has 98 valence electrons. The van der Waals surface area contributed by atoms with Gasteiger partial charge in [-0.05, 0) is 36.8 Å². The lowest BCUT2D eigenvalue weighted by molar-refractivity contribution is -0.128. The van der Waals surface area contributed by atoms with Crippen molar-refractivity contribution in [3.8, 4) is 0 Å². The van der Waals surface area contributed by atoms with Gasteiger partial charge < -0.3 is 14.8 Å². The van der Waals surface area contributed by atoms with E-state index in [1.807, 2.05) is 6.20 Å². The van der Waals surface area contributed by atoms with Crippen LogP contribution in [0.4, 0.5) is 0 Å². The Balaban J connectivity index is 0.000000280. The van der Waals surface area contributed by atoms with Crippen LogP contribution in [0.25, 0.3) is 10.9 Å². The Hall–Kier alpha value is -1.81. The number of carbonyl (C=O) groups is 1. The van der Waals surface area contributed by atoms with E-state index in [0.717, 1.165) is 12.8 Å². The molecule has 4 heteroatoms. The molecule has 18 heavy (non-hydrogen) atoms. The number of aromatic amines is 1. The van der Waals surface area contributed by atoms with Crippen molar-refractivity contribution in [2.45, 2.75) is 19.8 Å². The first-order valence-electron chi connectivity index (χ1n) is 6.04. The van der Waals surface area contributed by atoms with Crippen LogP contribution in [0.5, 0.6) is 0 Å². The molecule has 0 aliphatic heterocycles. The smallest absolute Gasteiger partial charge is 0.293 e. The summed E-state index contributed by atoms with van der Waals surface area (Å²) < 4.78 is 4.15. The fourth-order valence-electron chi connectivity index (χ4n) is 1.70. The predicted molar refractivity (Wildman–Crippen MR) is 71.4 cm³/mol. The van der Waals surface area contributed by atoms with Gasteiger partial charge in [0.25, 0.3) is 6.47 Å². The molecule has 0 fully saturated rings. The minimum absolute atomic E-state index is 0.261. The van der Waals surface area contributed by atoms with E-state index in [4.69, 9.17) is 5.11 Å². The highest BCUT2D eigenvalue weighted by Gasteiger charge is 2.00. The molecule has 1 heterocycles. The summed E-state index contributed by atoms with van der Waals surface area (Å²) in [5.74, 6) is 0. The van der Waals surface area contributed by atoms with Crippen LogP contribution in [0.2, 0.25) is 0 Å². The molecule has 4 nitrogen and oxygen atoms in total. The number of rotatable bonds is 5. The lowest BCUT2D eigenvalue weighted by Gasteiger charge is -2.00. The highest BCUT2D eigenvalue weighted by molar-refractivity contribution is 5.82. The van der Waals surface area contributed by atoms with Gasteiger partial charge in [-0.25, -0.2) is 0 Å². The summed E-state index contributed by atoms with van der Waals surface area (Å²) in [5, 5.41) is 9.99. The van der Waals surface area contributed by atoms with Crippen molar-refractivity contribution in [2.75, 3.05) is 13.2 Å². The molecule has 0 bridgehead atoms. The van der Waals surface area contributed by atoms with E-state index in [1.165, 1.54) is 16.5 Å². The number of hydrogen-bond donors (Lipinski definition) is 2. The van der Waals surface area contributed by atoms with Gasteiger partial charge in [-0.2, -0.15) is 0 Å². The van der Waals surface area contributed by atoms with Gasteiger partial charge in [-0.3, -0.25) is 4.79 Å². The Bertz CT molecular complexity index is 465. The lowest BCUT2D eigenvalue weighted by atomic mass is 10.1. The van der Waals surface area contributed by atoms with E-state index < -0.39 is 0 Å². The van der Waals surface area contributed by atoms with Crippen LogP contribution in [0.3, 0.4) is 0 Å². The van der Waals surface area contributed by atoms with E-state index in [1.54, 1.807) is 6.92 Å². The zero-order valence-electron chi connectivity index (χ0n) is 10.6. The zero-order valence-corrected chi connectivity index (χ0v) is 10.6. The van der Waals surface area contributed by atoms with Crippen molar-refractivity contribution in [1.29, 1.82) is 0 Å². The lowest BCUT2D eigenvalue weighted by Crippen LogP contribution is -1.90. The van der Waals surface area contributed by atoms with Crippen LogP contribution in [0.15, 0.2) is 30.5 Å². The summed E-state index contributed by atoms with van der Waals surface area (Å²) in [5.41, 5.74) is 2.49. The maximum absolute atomic E-state index is 9.18. The number of nitrogens with one attached hydrogen (secondary N) is 1. The highest BCUT2D eigenvalue weighted by Crippen LogP contribution is 2.17. The van der Waals surface area contributed by atoms with E-state index in [9.17, 15) is 4.79 Å². The number of carbonyl (C=O) groups excluding carboxylic acids is 1. The zero-order chi connectivity index (χ0) is 13.2. The Kier molecular flexibility index (Phi) is 6.58. The number of aliphatic hydroxyl groups excluding tert-OH is 1. The van der Waals surface area contributed by atoms with Crippen molar-refractivity contribution in [1.82, 2.24) is 4.98 Å². The quantitative estimate of drug-likeness (QED) is 0.799. The SMILES string of the molecule is CCOC=O.OCCCc1cccc2cc[nH]c12. The first kappa shape index (κ1) is 14.3. The second-order valence-electron chi connectivity index (χ2n) is 3.74. The fourth-order valence-corrected chi connectivity index (χ4v) is 1.70. The molecule has 0 unspecified atom stereocenters. The summed E-state index contributed by atoms with van der Waals surface area (Å²) >= 11 is 0. The number of aromatic nitrogens is 1. The van der Waals surface area contributed by atoms with E-state index in [-0.39, 0.29) is 6.61 Å². The minimum Gasteiger partial charge on any atom is -0.468 e. The van der Waals surface area contributed by atoms with Crippen LogP contribution in [-0.2, 0) is 16.0 Å². The van der Waals surface area contributed by atoms with Gasteiger partial charge in [0.15, 0.2) is 0 Å². The molecular weight excluding hydrogens is 230 g/mol. The maximum Gasteiger partial charge on any atom is 0.293 e. The topological polar surface area (TPSA) is 62.3 Å². The Morgan fingerprint density at radius 1 is 1.39 bits per heavy atom. The molecule has 0 saturated carbocycles. The minimum atomic E-state index is 0.261. The average Bonchev–Trinajstić information content (AvgIpc) is 2.87. The highest BCUT2D eigenvalue weighted by atomic mass is 16.5. The predicted octanol–water partition coefficient (Wildman–Crippen LogP) is 2.27. The van der Waals surface area contributed by atoms with Crippen LogP contribution >= 0.6 is 0 Å². The molecular formula is C14H19NO3. The Labute approximate surface area is 107 Å². The van der Waals surface area contributed by atoms with E-state index in [2.05, 4.69) is 34.0 Å². The van der Waals surface area contributed by atoms with Crippen LogP contribution in [0.1, 0.15) is 18.9 Å². The second kappa shape index (κ2) is 8.31. The van der Waals surface area contributed by atoms with E-state index in [0.29, 0.717) is 13.1 Å². The Morgan fingerprint density at radius 2 is 2.22 bits per heavy atom. The molecule has 1 aromatic carbocycles. The molecule has 2 N–H and O–H groups in total.